The van der Waals surface area contributed by atoms with Gasteiger partial charge in [0.1, 0.15) is 6.33 Å². The standard InChI is InChI=1S/C13H11N3/c1-9-6-10(7-14-9)13-11-4-2-3-5-12(11)15-8-16-13/h2-6,8H,7H2,1H3. The first-order valence-electron chi connectivity index (χ1n) is 5.26. The van der Waals surface area contributed by atoms with Crippen molar-refractivity contribution in [3.05, 3.63) is 42.4 Å². The Balaban J connectivity index is 2.21. The largest absolute Gasteiger partial charge is 0.285 e. The zero-order chi connectivity index (χ0) is 11.0. The summed E-state index contributed by atoms with van der Waals surface area (Å²) in [7, 11) is 0. The molecular weight excluding hydrogens is 198 g/mol. The number of rotatable bonds is 1. The van der Waals surface area contributed by atoms with E-state index in [1.54, 1.807) is 6.33 Å². The minimum atomic E-state index is 0.729. The van der Waals surface area contributed by atoms with E-state index >= 15 is 0 Å². The van der Waals surface area contributed by atoms with Gasteiger partial charge in [-0.1, -0.05) is 18.2 Å². The lowest BCUT2D eigenvalue weighted by Gasteiger charge is -2.04. The molecule has 3 heteroatoms. The molecule has 0 saturated heterocycles. The van der Waals surface area contributed by atoms with Crippen molar-refractivity contribution in [2.45, 2.75) is 6.92 Å². The minimum absolute atomic E-state index is 0.729. The number of hydrogen-bond acceptors (Lipinski definition) is 3. The number of aromatic nitrogens is 2. The Morgan fingerprint density at radius 3 is 2.81 bits per heavy atom. The zero-order valence-electron chi connectivity index (χ0n) is 9.01. The monoisotopic (exact) mass is 209 g/mol. The number of hydrogen-bond donors (Lipinski definition) is 0. The third-order valence-corrected chi connectivity index (χ3v) is 2.73. The zero-order valence-corrected chi connectivity index (χ0v) is 9.01. The van der Waals surface area contributed by atoms with Gasteiger partial charge in [0.25, 0.3) is 0 Å². The van der Waals surface area contributed by atoms with Gasteiger partial charge < -0.3 is 0 Å². The molecule has 16 heavy (non-hydrogen) atoms. The number of para-hydroxylation sites is 1. The maximum atomic E-state index is 4.37. The first kappa shape index (κ1) is 9.21. The van der Waals surface area contributed by atoms with E-state index in [2.05, 4.69) is 27.1 Å². The van der Waals surface area contributed by atoms with Crippen LogP contribution in [0.3, 0.4) is 0 Å². The molecule has 1 aromatic heterocycles. The fourth-order valence-corrected chi connectivity index (χ4v) is 1.96. The molecule has 2 heterocycles. The summed E-state index contributed by atoms with van der Waals surface area (Å²) in [5, 5.41) is 1.10. The fraction of sp³-hybridized carbons (Fsp3) is 0.154. The van der Waals surface area contributed by atoms with E-state index in [1.165, 1.54) is 5.57 Å². The van der Waals surface area contributed by atoms with E-state index in [-0.39, 0.29) is 0 Å². The molecule has 0 N–H and O–H groups in total. The summed E-state index contributed by atoms with van der Waals surface area (Å²) in [6.45, 7) is 2.74. The molecule has 1 aliphatic heterocycles. The van der Waals surface area contributed by atoms with Crippen LogP contribution in [-0.2, 0) is 0 Å². The normalized spacial score (nSPS) is 15.1. The maximum absolute atomic E-state index is 4.37. The second-order valence-corrected chi connectivity index (χ2v) is 3.87. The molecule has 0 fully saturated rings. The molecule has 1 aromatic carbocycles. The van der Waals surface area contributed by atoms with E-state index in [0.29, 0.717) is 0 Å². The van der Waals surface area contributed by atoms with Crippen molar-refractivity contribution in [1.29, 1.82) is 0 Å². The van der Waals surface area contributed by atoms with Crippen molar-refractivity contribution < 1.29 is 0 Å². The van der Waals surface area contributed by atoms with Gasteiger partial charge in [-0.25, -0.2) is 9.97 Å². The Kier molecular flexibility index (Phi) is 2.03. The first-order valence-corrected chi connectivity index (χ1v) is 5.26. The average Bonchev–Trinajstić information content (AvgIpc) is 2.75. The third kappa shape index (κ3) is 1.41. The van der Waals surface area contributed by atoms with Crippen molar-refractivity contribution in [3.8, 4) is 0 Å². The Hall–Kier alpha value is -2.03. The van der Waals surface area contributed by atoms with Gasteiger partial charge in [-0.05, 0) is 19.1 Å². The lowest BCUT2D eigenvalue weighted by molar-refractivity contribution is 1.17. The van der Waals surface area contributed by atoms with E-state index in [1.807, 2.05) is 25.1 Å². The van der Waals surface area contributed by atoms with Crippen molar-refractivity contribution in [2.75, 3.05) is 6.54 Å². The summed E-state index contributed by atoms with van der Waals surface area (Å²) >= 11 is 0. The molecule has 0 radical (unpaired) electrons. The molecule has 0 spiro atoms. The third-order valence-electron chi connectivity index (χ3n) is 2.73. The van der Waals surface area contributed by atoms with Crippen molar-refractivity contribution in [1.82, 2.24) is 9.97 Å². The number of nitrogens with zero attached hydrogens (tertiary/aromatic N) is 3. The summed E-state index contributed by atoms with van der Waals surface area (Å²) in [5.41, 5.74) is 4.23. The Morgan fingerprint density at radius 1 is 1.12 bits per heavy atom. The quantitative estimate of drug-likeness (QED) is 0.723. The van der Waals surface area contributed by atoms with Crippen LogP contribution < -0.4 is 0 Å². The van der Waals surface area contributed by atoms with E-state index in [0.717, 1.165) is 28.9 Å². The second kappa shape index (κ2) is 3.52. The van der Waals surface area contributed by atoms with Crippen molar-refractivity contribution >= 4 is 22.2 Å². The van der Waals surface area contributed by atoms with Crippen LogP contribution in [0.4, 0.5) is 0 Å². The molecule has 3 nitrogen and oxygen atoms in total. The van der Waals surface area contributed by atoms with Gasteiger partial charge >= 0.3 is 0 Å². The first-order chi connectivity index (χ1) is 7.84. The van der Waals surface area contributed by atoms with Gasteiger partial charge in [-0.3, -0.25) is 4.99 Å². The predicted molar refractivity (Wildman–Crippen MR) is 65.5 cm³/mol. The fourth-order valence-electron chi connectivity index (χ4n) is 1.96. The van der Waals surface area contributed by atoms with Crippen molar-refractivity contribution in [2.24, 2.45) is 4.99 Å². The van der Waals surface area contributed by atoms with Gasteiger partial charge in [0, 0.05) is 16.7 Å². The number of aliphatic imine (C=N–C) groups is 1. The van der Waals surface area contributed by atoms with Gasteiger partial charge in [0.2, 0.25) is 0 Å². The van der Waals surface area contributed by atoms with E-state index < -0.39 is 0 Å². The molecular formula is C13H11N3. The Labute approximate surface area is 93.6 Å². The average molecular weight is 209 g/mol. The predicted octanol–water partition coefficient (Wildman–Crippen LogP) is 2.49. The van der Waals surface area contributed by atoms with Crippen LogP contribution in [0.15, 0.2) is 41.7 Å². The number of allylic oxidation sites excluding steroid dienone is 1. The maximum Gasteiger partial charge on any atom is 0.116 e. The lowest BCUT2D eigenvalue weighted by Crippen LogP contribution is -1.93. The molecule has 2 aromatic rings. The van der Waals surface area contributed by atoms with Crippen LogP contribution in [0.2, 0.25) is 0 Å². The van der Waals surface area contributed by atoms with Gasteiger partial charge in [0.15, 0.2) is 0 Å². The van der Waals surface area contributed by atoms with Crippen LogP contribution in [-0.4, -0.2) is 22.2 Å². The van der Waals surface area contributed by atoms with Crippen LogP contribution in [0.1, 0.15) is 12.6 Å². The molecule has 3 rings (SSSR count). The second-order valence-electron chi connectivity index (χ2n) is 3.87. The van der Waals surface area contributed by atoms with Crippen molar-refractivity contribution in [3.63, 3.8) is 0 Å². The molecule has 0 atom stereocenters. The summed E-state index contributed by atoms with van der Waals surface area (Å²) in [6.07, 6.45) is 3.71. The highest BCUT2D eigenvalue weighted by atomic mass is 14.9. The molecule has 0 unspecified atom stereocenters. The summed E-state index contributed by atoms with van der Waals surface area (Å²) in [6, 6.07) is 8.06. The minimum Gasteiger partial charge on any atom is -0.285 e. The molecule has 78 valence electrons. The highest BCUT2D eigenvalue weighted by Gasteiger charge is 2.11. The lowest BCUT2D eigenvalue weighted by atomic mass is 10.1. The van der Waals surface area contributed by atoms with Crippen LogP contribution in [0, 0.1) is 0 Å². The van der Waals surface area contributed by atoms with Crippen LogP contribution >= 0.6 is 0 Å². The Bertz CT molecular complexity index is 606. The molecule has 0 aliphatic carbocycles. The summed E-state index contributed by atoms with van der Waals surface area (Å²) < 4.78 is 0. The smallest absolute Gasteiger partial charge is 0.116 e. The topological polar surface area (TPSA) is 38.1 Å². The molecule has 1 aliphatic rings. The molecule has 0 saturated carbocycles. The highest BCUT2D eigenvalue weighted by molar-refractivity contribution is 6.05. The Morgan fingerprint density at radius 2 is 2.00 bits per heavy atom. The van der Waals surface area contributed by atoms with Crippen LogP contribution in [0.5, 0.6) is 0 Å². The SMILES string of the molecule is CC1=NCC(c2ncnc3ccccc23)=C1. The molecule has 0 amide bonds. The van der Waals surface area contributed by atoms with Gasteiger partial charge in [0.05, 0.1) is 17.8 Å². The van der Waals surface area contributed by atoms with E-state index in [9.17, 15) is 0 Å². The van der Waals surface area contributed by atoms with Gasteiger partial charge in [-0.15, -0.1) is 0 Å². The van der Waals surface area contributed by atoms with Crippen LogP contribution in [0.25, 0.3) is 16.5 Å². The number of benzene rings is 1. The summed E-state index contributed by atoms with van der Waals surface area (Å²) in [5.74, 6) is 0. The van der Waals surface area contributed by atoms with Gasteiger partial charge in [-0.2, -0.15) is 0 Å². The molecule has 0 bridgehead atoms. The number of fused-ring (bicyclic) bond motifs is 1. The highest BCUT2D eigenvalue weighted by Crippen LogP contribution is 2.23. The van der Waals surface area contributed by atoms with E-state index in [4.69, 9.17) is 0 Å². The summed E-state index contributed by atoms with van der Waals surface area (Å²) in [4.78, 5) is 13.0.